The van der Waals surface area contributed by atoms with Gasteiger partial charge in [0.25, 0.3) is 0 Å². The highest BCUT2D eigenvalue weighted by Gasteiger charge is 2.33. The lowest BCUT2D eigenvalue weighted by Crippen LogP contribution is -2.56. The van der Waals surface area contributed by atoms with E-state index in [-0.39, 0.29) is 24.0 Å². The van der Waals surface area contributed by atoms with E-state index in [0.29, 0.717) is 0 Å². The first kappa shape index (κ1) is 15.7. The number of carboxylic acid groups (broad SMARTS) is 1. The molecule has 0 aromatic rings. The van der Waals surface area contributed by atoms with E-state index in [2.05, 4.69) is 5.32 Å². The summed E-state index contributed by atoms with van der Waals surface area (Å²) in [6.45, 7) is 5.13. The van der Waals surface area contributed by atoms with E-state index >= 15 is 0 Å². The van der Waals surface area contributed by atoms with Crippen LogP contribution in [-0.2, 0) is 14.6 Å². The number of nitrogens with zero attached hydrogens (tertiary/aromatic N) is 1. The van der Waals surface area contributed by atoms with Gasteiger partial charge in [0, 0.05) is 12.6 Å². The van der Waals surface area contributed by atoms with Crippen molar-refractivity contribution in [1.29, 1.82) is 0 Å². The van der Waals surface area contributed by atoms with E-state index in [1.807, 2.05) is 0 Å². The number of amides is 2. The molecule has 2 N–H and O–H groups in total. The molecule has 1 fully saturated rings. The quantitative estimate of drug-likeness (QED) is 0.757. The van der Waals surface area contributed by atoms with E-state index in [1.54, 1.807) is 20.8 Å². The number of aliphatic carboxylic acids is 1. The van der Waals surface area contributed by atoms with Crippen LogP contribution in [0.25, 0.3) is 0 Å². The lowest BCUT2D eigenvalue weighted by Gasteiger charge is -2.34. The lowest BCUT2D eigenvalue weighted by molar-refractivity contribution is -0.140. The first-order chi connectivity index (χ1) is 8.64. The summed E-state index contributed by atoms with van der Waals surface area (Å²) in [5.74, 6) is -1.50. The molecule has 1 heterocycles. The Bertz CT molecular complexity index is 460. The molecular formula is C11H20N2O5S. The van der Waals surface area contributed by atoms with Gasteiger partial charge in [0.05, 0.1) is 11.5 Å². The number of nitrogens with one attached hydrogen (secondary N) is 1. The Morgan fingerprint density at radius 2 is 1.95 bits per heavy atom. The number of carbonyl (C=O) groups is 2. The molecule has 2 atom stereocenters. The second-order valence-corrected chi connectivity index (χ2v) is 7.39. The van der Waals surface area contributed by atoms with E-state index in [0.717, 1.165) is 0 Å². The predicted molar refractivity (Wildman–Crippen MR) is 69.6 cm³/mol. The van der Waals surface area contributed by atoms with Crippen LogP contribution in [0.4, 0.5) is 4.79 Å². The molecule has 0 radical (unpaired) electrons. The Morgan fingerprint density at radius 3 is 2.37 bits per heavy atom. The van der Waals surface area contributed by atoms with Crippen molar-refractivity contribution >= 4 is 21.8 Å². The molecule has 0 saturated carbocycles. The smallest absolute Gasteiger partial charge is 0.326 e. The topological polar surface area (TPSA) is 104 Å². The zero-order chi connectivity index (χ0) is 14.8. The zero-order valence-electron chi connectivity index (χ0n) is 11.3. The minimum Gasteiger partial charge on any atom is -0.480 e. The SMILES string of the molecule is CC(C)[C@@H](NC(=O)N1CCS(=O)(=O)CC1C)C(=O)O. The standard InChI is InChI=1S/C11H20N2O5S/c1-7(2)9(10(14)15)12-11(16)13-4-5-19(17,18)6-8(13)3/h7-9H,4-6H2,1-3H3,(H,12,16)(H,14,15)/t8?,9-/m1/s1. The molecule has 0 aliphatic carbocycles. The number of hydrogen-bond donors (Lipinski definition) is 2. The van der Waals surface area contributed by atoms with Crippen molar-refractivity contribution in [2.45, 2.75) is 32.9 Å². The molecule has 0 aromatic heterocycles. The van der Waals surface area contributed by atoms with E-state index < -0.39 is 33.9 Å². The zero-order valence-corrected chi connectivity index (χ0v) is 12.1. The maximum Gasteiger partial charge on any atom is 0.326 e. The Kier molecular flexibility index (Phi) is 4.78. The van der Waals surface area contributed by atoms with Crippen LogP contribution >= 0.6 is 0 Å². The summed E-state index contributed by atoms with van der Waals surface area (Å²) in [5.41, 5.74) is 0. The fourth-order valence-electron chi connectivity index (χ4n) is 2.03. The Hall–Kier alpha value is -1.31. The number of sulfone groups is 1. The van der Waals surface area contributed by atoms with Gasteiger partial charge < -0.3 is 15.3 Å². The summed E-state index contributed by atoms with van der Waals surface area (Å²) >= 11 is 0. The summed E-state index contributed by atoms with van der Waals surface area (Å²) in [6, 6.07) is -1.94. The third-order valence-corrected chi connectivity index (χ3v) is 4.94. The second kappa shape index (κ2) is 5.77. The summed E-state index contributed by atoms with van der Waals surface area (Å²) in [4.78, 5) is 24.4. The van der Waals surface area contributed by atoms with Gasteiger partial charge in [-0.1, -0.05) is 13.8 Å². The number of rotatable bonds is 3. The van der Waals surface area contributed by atoms with Gasteiger partial charge in [-0.3, -0.25) is 0 Å². The van der Waals surface area contributed by atoms with Gasteiger partial charge in [-0.05, 0) is 12.8 Å². The van der Waals surface area contributed by atoms with Crippen LogP contribution in [0.5, 0.6) is 0 Å². The fourth-order valence-corrected chi connectivity index (χ4v) is 3.59. The Morgan fingerprint density at radius 1 is 1.37 bits per heavy atom. The summed E-state index contributed by atoms with van der Waals surface area (Å²) in [5, 5.41) is 11.4. The summed E-state index contributed by atoms with van der Waals surface area (Å²) in [7, 11) is -3.10. The van der Waals surface area contributed by atoms with Crippen LogP contribution in [0.15, 0.2) is 0 Å². The Balaban J connectivity index is 2.71. The molecule has 7 nitrogen and oxygen atoms in total. The van der Waals surface area contributed by atoms with Crippen molar-refractivity contribution in [2.75, 3.05) is 18.1 Å². The number of hydrogen-bond acceptors (Lipinski definition) is 4. The van der Waals surface area contributed by atoms with Crippen molar-refractivity contribution < 1.29 is 23.1 Å². The van der Waals surface area contributed by atoms with Crippen LogP contribution in [0.2, 0.25) is 0 Å². The minimum absolute atomic E-state index is 0.0792. The maximum atomic E-state index is 12.0. The van der Waals surface area contributed by atoms with Crippen molar-refractivity contribution in [3.05, 3.63) is 0 Å². The average molecular weight is 292 g/mol. The first-order valence-electron chi connectivity index (χ1n) is 6.14. The van der Waals surface area contributed by atoms with Crippen LogP contribution in [0.3, 0.4) is 0 Å². The van der Waals surface area contributed by atoms with Crippen molar-refractivity contribution in [2.24, 2.45) is 5.92 Å². The van der Waals surface area contributed by atoms with E-state index in [9.17, 15) is 18.0 Å². The van der Waals surface area contributed by atoms with Gasteiger partial charge in [0.15, 0.2) is 9.84 Å². The molecule has 110 valence electrons. The molecule has 0 bridgehead atoms. The molecule has 2 amide bonds. The highest BCUT2D eigenvalue weighted by Crippen LogP contribution is 2.12. The largest absolute Gasteiger partial charge is 0.480 e. The second-order valence-electron chi connectivity index (χ2n) is 5.17. The van der Waals surface area contributed by atoms with Gasteiger partial charge in [0.2, 0.25) is 0 Å². The van der Waals surface area contributed by atoms with Crippen LogP contribution < -0.4 is 5.32 Å². The minimum atomic E-state index is -3.10. The molecule has 1 aliphatic rings. The van der Waals surface area contributed by atoms with Crippen LogP contribution in [0.1, 0.15) is 20.8 Å². The lowest BCUT2D eigenvalue weighted by atomic mass is 10.1. The summed E-state index contributed by atoms with van der Waals surface area (Å²) in [6.07, 6.45) is 0. The maximum absolute atomic E-state index is 12.0. The van der Waals surface area contributed by atoms with Gasteiger partial charge in [0.1, 0.15) is 6.04 Å². The monoisotopic (exact) mass is 292 g/mol. The molecule has 0 spiro atoms. The average Bonchev–Trinajstić information content (AvgIpc) is 2.23. The van der Waals surface area contributed by atoms with E-state index in [4.69, 9.17) is 5.11 Å². The molecule has 1 aliphatic heterocycles. The fraction of sp³-hybridized carbons (Fsp3) is 0.818. The number of urea groups is 1. The van der Waals surface area contributed by atoms with Gasteiger partial charge >= 0.3 is 12.0 Å². The first-order valence-corrected chi connectivity index (χ1v) is 7.96. The molecule has 8 heteroatoms. The van der Waals surface area contributed by atoms with Gasteiger partial charge in [-0.15, -0.1) is 0 Å². The third kappa shape index (κ3) is 4.09. The number of carboxylic acids is 1. The van der Waals surface area contributed by atoms with Crippen molar-refractivity contribution in [1.82, 2.24) is 10.2 Å². The van der Waals surface area contributed by atoms with Gasteiger partial charge in [-0.2, -0.15) is 0 Å². The summed E-state index contributed by atoms with van der Waals surface area (Å²) < 4.78 is 22.8. The van der Waals surface area contributed by atoms with Crippen molar-refractivity contribution in [3.8, 4) is 0 Å². The van der Waals surface area contributed by atoms with Crippen LogP contribution in [-0.4, -0.2) is 60.6 Å². The van der Waals surface area contributed by atoms with Crippen LogP contribution in [0, 0.1) is 5.92 Å². The molecular weight excluding hydrogens is 272 g/mol. The Labute approximate surface area is 112 Å². The predicted octanol–water partition coefficient (Wildman–Crippen LogP) is -0.0759. The molecule has 1 saturated heterocycles. The molecule has 19 heavy (non-hydrogen) atoms. The number of carbonyl (C=O) groups excluding carboxylic acids is 1. The third-order valence-electron chi connectivity index (χ3n) is 3.14. The normalized spacial score (nSPS) is 24.0. The van der Waals surface area contributed by atoms with Gasteiger partial charge in [-0.25, -0.2) is 18.0 Å². The molecule has 1 rings (SSSR count). The molecule has 0 aromatic carbocycles. The molecule has 1 unspecified atom stereocenters. The van der Waals surface area contributed by atoms with Crippen molar-refractivity contribution in [3.63, 3.8) is 0 Å². The van der Waals surface area contributed by atoms with E-state index in [1.165, 1.54) is 4.90 Å². The highest BCUT2D eigenvalue weighted by atomic mass is 32.2. The highest BCUT2D eigenvalue weighted by molar-refractivity contribution is 7.91.